The molecule has 2 aromatic carbocycles. The molecular formula is C17H14BrF4NO. The fourth-order valence-corrected chi connectivity index (χ4v) is 2.66. The topological polar surface area (TPSA) is 20.3 Å². The average Bonchev–Trinajstić information content (AvgIpc) is 2.50. The molecule has 7 heteroatoms. The summed E-state index contributed by atoms with van der Waals surface area (Å²) < 4.78 is 52.4. The maximum atomic E-state index is 13.2. The van der Waals surface area contributed by atoms with E-state index >= 15 is 0 Å². The third kappa shape index (κ3) is 4.56. The molecule has 0 fully saturated rings. The number of carbonyl (C=O) groups is 1. The fourth-order valence-electron chi connectivity index (χ4n) is 2.24. The molecule has 0 atom stereocenters. The number of halogens is 5. The number of hydrogen-bond donors (Lipinski definition) is 0. The van der Waals surface area contributed by atoms with Gasteiger partial charge < -0.3 is 4.90 Å². The zero-order chi connectivity index (χ0) is 17.9. The standard InChI is InChI=1S/C17H14BrF4NO/c1-23(10-12-4-2-3-5-13(12)17(20,21)22)16(24)9-11-6-7-15(19)14(18)8-11/h2-8H,9-10H2,1H3. The van der Waals surface area contributed by atoms with Gasteiger partial charge in [-0.05, 0) is 45.3 Å². The molecule has 0 saturated carbocycles. The zero-order valence-electron chi connectivity index (χ0n) is 12.7. The lowest BCUT2D eigenvalue weighted by Gasteiger charge is -2.20. The van der Waals surface area contributed by atoms with Crippen LogP contribution in [-0.2, 0) is 23.9 Å². The Morgan fingerprint density at radius 2 is 1.83 bits per heavy atom. The zero-order valence-corrected chi connectivity index (χ0v) is 14.3. The van der Waals surface area contributed by atoms with E-state index in [4.69, 9.17) is 0 Å². The minimum atomic E-state index is -4.47. The number of rotatable bonds is 4. The molecule has 0 aromatic heterocycles. The lowest BCUT2D eigenvalue weighted by molar-refractivity contribution is -0.139. The van der Waals surface area contributed by atoms with Gasteiger partial charge in [0.15, 0.2) is 0 Å². The molecule has 0 N–H and O–H groups in total. The summed E-state index contributed by atoms with van der Waals surface area (Å²) in [5.41, 5.74) is -0.153. The molecule has 0 aliphatic carbocycles. The Morgan fingerprint density at radius 3 is 2.46 bits per heavy atom. The van der Waals surface area contributed by atoms with E-state index in [1.54, 1.807) is 0 Å². The van der Waals surface area contributed by atoms with Crippen LogP contribution in [0.4, 0.5) is 17.6 Å². The van der Waals surface area contributed by atoms with Gasteiger partial charge in [-0.3, -0.25) is 4.79 Å². The molecule has 2 nitrogen and oxygen atoms in total. The van der Waals surface area contributed by atoms with Gasteiger partial charge in [-0.15, -0.1) is 0 Å². The second kappa shape index (κ2) is 7.34. The van der Waals surface area contributed by atoms with Gasteiger partial charge in [0.05, 0.1) is 16.5 Å². The summed E-state index contributed by atoms with van der Waals surface area (Å²) in [6.07, 6.45) is -4.49. The molecule has 0 saturated heterocycles. The first-order valence-electron chi connectivity index (χ1n) is 7.01. The van der Waals surface area contributed by atoms with Crippen LogP contribution in [0.5, 0.6) is 0 Å². The Kier molecular flexibility index (Phi) is 5.64. The average molecular weight is 404 g/mol. The number of carbonyl (C=O) groups excluding carboxylic acids is 1. The molecule has 0 bridgehead atoms. The van der Waals surface area contributed by atoms with Crippen LogP contribution in [0.3, 0.4) is 0 Å². The van der Waals surface area contributed by atoms with Crippen molar-refractivity contribution in [1.82, 2.24) is 4.90 Å². The van der Waals surface area contributed by atoms with Gasteiger partial charge in [-0.25, -0.2) is 4.39 Å². The van der Waals surface area contributed by atoms with Crippen molar-refractivity contribution in [3.63, 3.8) is 0 Å². The van der Waals surface area contributed by atoms with Crippen molar-refractivity contribution in [2.24, 2.45) is 0 Å². The minimum absolute atomic E-state index is 0.0242. The van der Waals surface area contributed by atoms with Gasteiger partial charge in [0.2, 0.25) is 5.91 Å². The SMILES string of the molecule is CN(Cc1ccccc1C(F)(F)F)C(=O)Cc1ccc(F)c(Br)c1. The van der Waals surface area contributed by atoms with E-state index in [1.165, 1.54) is 48.3 Å². The maximum Gasteiger partial charge on any atom is 0.416 e. The lowest BCUT2D eigenvalue weighted by Crippen LogP contribution is -2.28. The van der Waals surface area contributed by atoms with E-state index in [1.807, 2.05) is 0 Å². The minimum Gasteiger partial charge on any atom is -0.341 e. The summed E-state index contributed by atoms with van der Waals surface area (Å²) in [5, 5.41) is 0. The summed E-state index contributed by atoms with van der Waals surface area (Å²) in [5.74, 6) is -0.802. The Balaban J connectivity index is 2.11. The molecule has 1 amide bonds. The molecule has 0 heterocycles. The van der Waals surface area contributed by atoms with E-state index < -0.39 is 17.6 Å². The van der Waals surface area contributed by atoms with Crippen molar-refractivity contribution in [3.8, 4) is 0 Å². The van der Waals surface area contributed by atoms with E-state index in [2.05, 4.69) is 15.9 Å². The smallest absolute Gasteiger partial charge is 0.341 e. The lowest BCUT2D eigenvalue weighted by atomic mass is 10.1. The van der Waals surface area contributed by atoms with Gasteiger partial charge in [-0.2, -0.15) is 13.2 Å². The van der Waals surface area contributed by atoms with Crippen molar-refractivity contribution in [3.05, 3.63) is 69.4 Å². The van der Waals surface area contributed by atoms with E-state index in [0.29, 0.717) is 5.56 Å². The monoisotopic (exact) mass is 403 g/mol. The normalized spacial score (nSPS) is 11.4. The predicted molar refractivity (Wildman–Crippen MR) is 85.7 cm³/mol. The van der Waals surface area contributed by atoms with Crippen molar-refractivity contribution >= 4 is 21.8 Å². The van der Waals surface area contributed by atoms with Gasteiger partial charge in [-0.1, -0.05) is 24.3 Å². The van der Waals surface area contributed by atoms with Crippen LogP contribution >= 0.6 is 15.9 Å². The summed E-state index contributed by atoms with van der Waals surface area (Å²) in [6, 6.07) is 9.32. The van der Waals surface area contributed by atoms with E-state index in [0.717, 1.165) is 6.07 Å². The Bertz CT molecular complexity index is 746. The van der Waals surface area contributed by atoms with Gasteiger partial charge >= 0.3 is 6.18 Å². The summed E-state index contributed by atoms with van der Waals surface area (Å²) in [7, 11) is 1.44. The molecule has 24 heavy (non-hydrogen) atoms. The van der Waals surface area contributed by atoms with Crippen molar-refractivity contribution in [2.45, 2.75) is 19.1 Å². The summed E-state index contributed by atoms with van der Waals surface area (Å²) in [6.45, 7) is -0.156. The second-order valence-corrected chi connectivity index (χ2v) is 6.18. The highest BCUT2D eigenvalue weighted by Crippen LogP contribution is 2.32. The quantitative estimate of drug-likeness (QED) is 0.670. The molecule has 0 aliphatic heterocycles. The molecule has 128 valence electrons. The number of hydrogen-bond acceptors (Lipinski definition) is 1. The summed E-state index contributed by atoms with van der Waals surface area (Å²) in [4.78, 5) is 13.4. The molecule has 2 rings (SSSR count). The van der Waals surface area contributed by atoms with Gasteiger partial charge in [0.1, 0.15) is 5.82 Å². The van der Waals surface area contributed by atoms with Crippen LogP contribution in [0.1, 0.15) is 16.7 Å². The highest BCUT2D eigenvalue weighted by molar-refractivity contribution is 9.10. The van der Waals surface area contributed by atoms with Crippen molar-refractivity contribution in [2.75, 3.05) is 7.05 Å². The second-order valence-electron chi connectivity index (χ2n) is 5.33. The van der Waals surface area contributed by atoms with Crippen LogP contribution in [0.2, 0.25) is 0 Å². The molecule has 0 unspecified atom stereocenters. The van der Waals surface area contributed by atoms with Crippen LogP contribution in [0.25, 0.3) is 0 Å². The molecule has 0 radical (unpaired) electrons. The van der Waals surface area contributed by atoms with Crippen molar-refractivity contribution in [1.29, 1.82) is 0 Å². The predicted octanol–water partition coefficient (Wildman–Crippen LogP) is 4.81. The molecule has 0 aliphatic rings. The first kappa shape index (κ1) is 18.4. The van der Waals surface area contributed by atoms with E-state index in [9.17, 15) is 22.4 Å². The number of likely N-dealkylation sites (N-methyl/N-ethyl adjacent to an activating group) is 1. The highest BCUT2D eigenvalue weighted by Gasteiger charge is 2.33. The first-order chi connectivity index (χ1) is 11.2. The van der Waals surface area contributed by atoms with Crippen LogP contribution < -0.4 is 0 Å². The third-order valence-electron chi connectivity index (χ3n) is 3.50. The van der Waals surface area contributed by atoms with Crippen LogP contribution in [0.15, 0.2) is 46.9 Å². The maximum absolute atomic E-state index is 13.2. The Hall–Kier alpha value is -1.89. The summed E-state index contributed by atoms with van der Waals surface area (Å²) >= 11 is 3.03. The highest BCUT2D eigenvalue weighted by atomic mass is 79.9. The van der Waals surface area contributed by atoms with Crippen LogP contribution in [0, 0.1) is 5.82 Å². The number of alkyl halides is 3. The van der Waals surface area contributed by atoms with Crippen LogP contribution in [-0.4, -0.2) is 17.9 Å². The first-order valence-corrected chi connectivity index (χ1v) is 7.81. The Labute approximate surface area is 145 Å². The van der Waals surface area contributed by atoms with Gasteiger partial charge in [0.25, 0.3) is 0 Å². The van der Waals surface area contributed by atoms with Crippen molar-refractivity contribution < 1.29 is 22.4 Å². The molecule has 0 spiro atoms. The number of amides is 1. The van der Waals surface area contributed by atoms with E-state index in [-0.39, 0.29) is 28.9 Å². The largest absolute Gasteiger partial charge is 0.416 e. The third-order valence-corrected chi connectivity index (χ3v) is 4.10. The molecule has 2 aromatic rings. The Morgan fingerprint density at radius 1 is 1.17 bits per heavy atom. The fraction of sp³-hybridized carbons (Fsp3) is 0.235. The number of benzene rings is 2. The molecular weight excluding hydrogens is 390 g/mol. The van der Waals surface area contributed by atoms with Gasteiger partial charge in [0, 0.05) is 13.6 Å². The number of nitrogens with zero attached hydrogens (tertiary/aromatic N) is 1.